The lowest BCUT2D eigenvalue weighted by Gasteiger charge is -2.08. The first-order valence-corrected chi connectivity index (χ1v) is 9.73. The molecule has 0 radical (unpaired) electrons. The number of nitrogens with zero attached hydrogens (tertiary/aromatic N) is 1. The maximum absolute atomic E-state index is 12.3. The van der Waals surface area contributed by atoms with Crippen molar-refractivity contribution < 1.29 is 9.59 Å². The van der Waals surface area contributed by atoms with Gasteiger partial charge in [0.1, 0.15) is 0 Å². The van der Waals surface area contributed by atoms with E-state index in [0.717, 1.165) is 22.3 Å². The number of carbonyl (C=O) groups excluding carboxylic acids is 2. The van der Waals surface area contributed by atoms with Crippen LogP contribution in [0, 0.1) is 27.7 Å². The van der Waals surface area contributed by atoms with Crippen LogP contribution in [0.4, 0.5) is 5.69 Å². The van der Waals surface area contributed by atoms with Gasteiger partial charge in [0.05, 0.1) is 6.21 Å². The fourth-order valence-electron chi connectivity index (χ4n) is 3.31. The van der Waals surface area contributed by atoms with Crippen molar-refractivity contribution in [2.45, 2.75) is 27.7 Å². The van der Waals surface area contributed by atoms with E-state index in [9.17, 15) is 9.59 Å². The van der Waals surface area contributed by atoms with E-state index in [1.165, 1.54) is 5.56 Å². The zero-order valence-corrected chi connectivity index (χ0v) is 17.6. The zero-order valence-electron chi connectivity index (χ0n) is 17.6. The van der Waals surface area contributed by atoms with E-state index in [1.807, 2.05) is 39.0 Å². The standard InChI is InChI=1S/C25H25N3O2/c1-16-6-5-7-21(14-16)24(29)27-22-10-8-20(9-11-22)25(30)28-26-15-23-18(3)12-17(2)13-19(23)4/h5-15H,1-4H3,(H,27,29)(H,28,30)/b26-15+. The van der Waals surface area contributed by atoms with E-state index in [4.69, 9.17) is 0 Å². The van der Waals surface area contributed by atoms with Gasteiger partial charge >= 0.3 is 0 Å². The van der Waals surface area contributed by atoms with Gasteiger partial charge in [0.2, 0.25) is 0 Å². The fraction of sp³-hybridized carbons (Fsp3) is 0.160. The molecule has 2 N–H and O–H groups in total. The summed E-state index contributed by atoms with van der Waals surface area (Å²) in [7, 11) is 0. The molecule has 0 aliphatic heterocycles. The fourth-order valence-corrected chi connectivity index (χ4v) is 3.31. The molecular weight excluding hydrogens is 374 g/mol. The predicted octanol–water partition coefficient (Wildman–Crippen LogP) is 4.94. The van der Waals surface area contributed by atoms with Crippen LogP contribution in [-0.4, -0.2) is 18.0 Å². The third-order valence-electron chi connectivity index (χ3n) is 4.78. The molecule has 0 aliphatic carbocycles. The Balaban J connectivity index is 1.62. The molecule has 5 heteroatoms. The van der Waals surface area contributed by atoms with Crippen LogP contribution in [0.5, 0.6) is 0 Å². The minimum atomic E-state index is -0.315. The van der Waals surface area contributed by atoms with Crippen molar-refractivity contribution in [3.8, 4) is 0 Å². The Morgan fingerprint density at radius 1 is 0.767 bits per heavy atom. The van der Waals surface area contributed by atoms with E-state index >= 15 is 0 Å². The van der Waals surface area contributed by atoms with Gasteiger partial charge in [-0.25, -0.2) is 5.43 Å². The summed E-state index contributed by atoms with van der Waals surface area (Å²) < 4.78 is 0. The quantitative estimate of drug-likeness (QED) is 0.471. The molecule has 0 atom stereocenters. The zero-order chi connectivity index (χ0) is 21.7. The van der Waals surface area contributed by atoms with Crippen molar-refractivity contribution in [3.63, 3.8) is 0 Å². The highest BCUT2D eigenvalue weighted by atomic mass is 16.2. The monoisotopic (exact) mass is 399 g/mol. The number of amides is 2. The molecule has 3 rings (SSSR count). The van der Waals surface area contributed by atoms with Crippen molar-refractivity contribution in [1.29, 1.82) is 0 Å². The molecule has 2 amide bonds. The van der Waals surface area contributed by atoms with Gasteiger partial charge in [-0.05, 0) is 75.2 Å². The number of carbonyl (C=O) groups is 2. The maximum atomic E-state index is 12.3. The Labute approximate surface area is 176 Å². The van der Waals surface area contributed by atoms with E-state index in [1.54, 1.807) is 36.5 Å². The largest absolute Gasteiger partial charge is 0.322 e. The van der Waals surface area contributed by atoms with E-state index < -0.39 is 0 Å². The molecule has 0 saturated carbocycles. The first-order valence-electron chi connectivity index (χ1n) is 9.73. The number of nitrogens with one attached hydrogen (secondary N) is 2. The van der Waals surface area contributed by atoms with Gasteiger partial charge in [-0.15, -0.1) is 0 Å². The molecular formula is C25H25N3O2. The number of rotatable bonds is 5. The molecule has 0 saturated heterocycles. The predicted molar refractivity (Wildman–Crippen MR) is 121 cm³/mol. The van der Waals surface area contributed by atoms with Crippen LogP contribution in [-0.2, 0) is 0 Å². The summed E-state index contributed by atoms with van der Waals surface area (Å²) in [5, 5.41) is 6.93. The number of aryl methyl sites for hydroxylation is 4. The summed E-state index contributed by atoms with van der Waals surface area (Å²) in [6, 6.07) is 18.2. The van der Waals surface area contributed by atoms with Crippen LogP contribution in [0.2, 0.25) is 0 Å². The van der Waals surface area contributed by atoms with Gasteiger partial charge in [0.15, 0.2) is 0 Å². The molecule has 0 fully saturated rings. The smallest absolute Gasteiger partial charge is 0.271 e. The molecule has 3 aromatic carbocycles. The lowest BCUT2D eigenvalue weighted by molar-refractivity contribution is 0.0954. The molecule has 0 aliphatic rings. The molecule has 0 unspecified atom stereocenters. The van der Waals surface area contributed by atoms with Crippen molar-refractivity contribution in [1.82, 2.24) is 5.43 Å². The molecule has 0 bridgehead atoms. The first kappa shape index (κ1) is 21.0. The maximum Gasteiger partial charge on any atom is 0.271 e. The highest BCUT2D eigenvalue weighted by Crippen LogP contribution is 2.15. The summed E-state index contributed by atoms with van der Waals surface area (Å²) in [5.74, 6) is -0.505. The Bertz CT molecular complexity index is 1090. The second kappa shape index (κ2) is 9.18. The molecule has 3 aromatic rings. The lowest BCUT2D eigenvalue weighted by Crippen LogP contribution is -2.18. The van der Waals surface area contributed by atoms with Crippen LogP contribution >= 0.6 is 0 Å². The van der Waals surface area contributed by atoms with Crippen LogP contribution in [0.25, 0.3) is 0 Å². The van der Waals surface area contributed by atoms with Crippen LogP contribution in [0.15, 0.2) is 65.8 Å². The van der Waals surface area contributed by atoms with Crippen LogP contribution in [0.1, 0.15) is 48.5 Å². The summed E-state index contributed by atoms with van der Waals surface area (Å²) in [5.41, 5.74) is 9.65. The van der Waals surface area contributed by atoms with Gasteiger partial charge in [-0.2, -0.15) is 5.10 Å². The molecule has 0 spiro atoms. The van der Waals surface area contributed by atoms with Gasteiger partial charge in [0, 0.05) is 22.4 Å². The van der Waals surface area contributed by atoms with Crippen LogP contribution < -0.4 is 10.7 Å². The molecule has 0 aromatic heterocycles. The second-order valence-electron chi connectivity index (χ2n) is 7.41. The Kier molecular flexibility index (Phi) is 6.42. The third kappa shape index (κ3) is 5.20. The second-order valence-corrected chi connectivity index (χ2v) is 7.41. The third-order valence-corrected chi connectivity index (χ3v) is 4.78. The van der Waals surface area contributed by atoms with Gasteiger partial charge in [0.25, 0.3) is 11.8 Å². The van der Waals surface area contributed by atoms with Crippen molar-refractivity contribution in [2.24, 2.45) is 5.10 Å². The van der Waals surface area contributed by atoms with E-state index in [2.05, 4.69) is 34.9 Å². The Hall–Kier alpha value is -3.73. The normalized spacial score (nSPS) is 10.8. The average Bonchev–Trinajstić information content (AvgIpc) is 2.70. The van der Waals surface area contributed by atoms with Crippen molar-refractivity contribution in [2.75, 3.05) is 5.32 Å². The number of benzene rings is 3. The Morgan fingerprint density at radius 3 is 2.07 bits per heavy atom. The lowest BCUT2D eigenvalue weighted by atomic mass is 10.0. The summed E-state index contributed by atoms with van der Waals surface area (Å²) >= 11 is 0. The number of hydrazone groups is 1. The van der Waals surface area contributed by atoms with Crippen molar-refractivity contribution in [3.05, 3.63) is 99.6 Å². The number of anilines is 1. The summed E-state index contributed by atoms with van der Waals surface area (Å²) in [6.07, 6.45) is 1.67. The van der Waals surface area contributed by atoms with Crippen molar-refractivity contribution >= 4 is 23.7 Å². The molecule has 0 heterocycles. The van der Waals surface area contributed by atoms with Gasteiger partial charge < -0.3 is 5.32 Å². The van der Waals surface area contributed by atoms with E-state index in [0.29, 0.717) is 16.8 Å². The summed E-state index contributed by atoms with van der Waals surface area (Å²) in [4.78, 5) is 24.7. The van der Waals surface area contributed by atoms with Gasteiger partial charge in [-0.1, -0.05) is 35.4 Å². The molecule has 152 valence electrons. The molecule has 30 heavy (non-hydrogen) atoms. The highest BCUT2D eigenvalue weighted by Gasteiger charge is 2.08. The number of hydrogen-bond donors (Lipinski definition) is 2. The van der Waals surface area contributed by atoms with E-state index in [-0.39, 0.29) is 11.8 Å². The Morgan fingerprint density at radius 2 is 1.43 bits per heavy atom. The minimum absolute atomic E-state index is 0.190. The SMILES string of the molecule is Cc1cccc(C(=O)Nc2ccc(C(=O)N/N=C/c3c(C)cc(C)cc3C)cc2)c1. The number of hydrogen-bond acceptors (Lipinski definition) is 3. The van der Waals surface area contributed by atoms with Gasteiger partial charge in [-0.3, -0.25) is 9.59 Å². The minimum Gasteiger partial charge on any atom is -0.322 e. The average molecular weight is 399 g/mol. The van der Waals surface area contributed by atoms with Crippen LogP contribution in [0.3, 0.4) is 0 Å². The topological polar surface area (TPSA) is 70.6 Å². The highest BCUT2D eigenvalue weighted by molar-refractivity contribution is 6.04. The first-order chi connectivity index (χ1) is 14.3. The molecule has 5 nitrogen and oxygen atoms in total. The summed E-state index contributed by atoms with van der Waals surface area (Å²) in [6.45, 7) is 8.03.